The number of nitro benzene ring substituents is 1. The van der Waals surface area contributed by atoms with E-state index >= 15 is 0 Å². The molecule has 0 aliphatic heterocycles. The summed E-state index contributed by atoms with van der Waals surface area (Å²) in [5.41, 5.74) is -2.11. The Labute approximate surface area is 184 Å². The molecule has 0 radical (unpaired) electrons. The van der Waals surface area contributed by atoms with Crippen molar-refractivity contribution in [2.24, 2.45) is 0 Å². The molecule has 0 aliphatic carbocycles. The monoisotopic (exact) mass is 463 g/mol. The highest BCUT2D eigenvalue weighted by molar-refractivity contribution is 6.06. The van der Waals surface area contributed by atoms with Gasteiger partial charge in [0.25, 0.3) is 5.69 Å². The van der Waals surface area contributed by atoms with E-state index in [0.29, 0.717) is 0 Å². The van der Waals surface area contributed by atoms with E-state index in [1.807, 2.05) is 0 Å². The standard InChI is InChI=1S/C21H16F3N3O6/c1-3-33-19(28)16-17(20(29)32-2)25-26(15-6-4-5-13(11-15)21(22,23)24)18(16)12-7-9-14(10-8-12)27(30)31/h4-11H,3H2,1-2H3. The second-order valence-electron chi connectivity index (χ2n) is 6.55. The minimum absolute atomic E-state index is 0.0616. The third-order valence-electron chi connectivity index (χ3n) is 4.51. The van der Waals surface area contributed by atoms with Crippen LogP contribution < -0.4 is 0 Å². The van der Waals surface area contributed by atoms with Gasteiger partial charge in [-0.1, -0.05) is 6.07 Å². The zero-order valence-electron chi connectivity index (χ0n) is 17.3. The quantitative estimate of drug-likeness (QED) is 0.302. The van der Waals surface area contributed by atoms with E-state index in [4.69, 9.17) is 4.74 Å². The average molecular weight is 463 g/mol. The maximum atomic E-state index is 13.3. The van der Waals surface area contributed by atoms with Crippen LogP contribution in [0.4, 0.5) is 18.9 Å². The first-order valence-electron chi connectivity index (χ1n) is 9.39. The van der Waals surface area contributed by atoms with Crippen molar-refractivity contribution in [2.75, 3.05) is 13.7 Å². The molecule has 0 unspecified atom stereocenters. The second kappa shape index (κ2) is 9.10. The van der Waals surface area contributed by atoms with Gasteiger partial charge in [-0.25, -0.2) is 14.3 Å². The normalized spacial score (nSPS) is 11.2. The molecule has 0 amide bonds. The van der Waals surface area contributed by atoms with Crippen LogP contribution in [0.25, 0.3) is 16.9 Å². The summed E-state index contributed by atoms with van der Waals surface area (Å²) in [6.45, 7) is 1.46. The summed E-state index contributed by atoms with van der Waals surface area (Å²) in [7, 11) is 1.05. The smallest absolute Gasteiger partial charge is 0.416 e. The number of esters is 2. The third-order valence-corrected chi connectivity index (χ3v) is 4.51. The highest BCUT2D eigenvalue weighted by Gasteiger charge is 2.33. The van der Waals surface area contributed by atoms with Gasteiger partial charge in [0.1, 0.15) is 5.56 Å². The number of aromatic nitrogens is 2. The van der Waals surface area contributed by atoms with Gasteiger partial charge in [0, 0.05) is 17.7 Å². The van der Waals surface area contributed by atoms with Crippen LogP contribution in [0.15, 0.2) is 48.5 Å². The van der Waals surface area contributed by atoms with Gasteiger partial charge < -0.3 is 9.47 Å². The van der Waals surface area contributed by atoms with Crippen LogP contribution in [0.1, 0.15) is 33.3 Å². The molecule has 0 fully saturated rings. The van der Waals surface area contributed by atoms with E-state index in [2.05, 4.69) is 9.84 Å². The van der Waals surface area contributed by atoms with Gasteiger partial charge in [-0.05, 0) is 37.3 Å². The van der Waals surface area contributed by atoms with E-state index in [9.17, 15) is 32.9 Å². The van der Waals surface area contributed by atoms with E-state index in [-0.39, 0.29) is 34.8 Å². The fraction of sp³-hybridized carbons (Fsp3) is 0.190. The fourth-order valence-electron chi connectivity index (χ4n) is 3.06. The van der Waals surface area contributed by atoms with E-state index < -0.39 is 34.3 Å². The second-order valence-corrected chi connectivity index (χ2v) is 6.55. The van der Waals surface area contributed by atoms with Gasteiger partial charge >= 0.3 is 18.1 Å². The number of rotatable bonds is 6. The number of nitrogens with zero attached hydrogens (tertiary/aromatic N) is 3. The number of benzene rings is 2. The summed E-state index contributed by atoms with van der Waals surface area (Å²) in [6.07, 6.45) is -4.66. The SMILES string of the molecule is CCOC(=O)c1c(C(=O)OC)nn(-c2cccc(C(F)(F)F)c2)c1-c1ccc([N+](=O)[O-])cc1. The van der Waals surface area contributed by atoms with Crippen LogP contribution in [0.2, 0.25) is 0 Å². The maximum Gasteiger partial charge on any atom is 0.416 e. The van der Waals surface area contributed by atoms with Gasteiger partial charge in [-0.15, -0.1) is 0 Å². The number of hydrogen-bond acceptors (Lipinski definition) is 7. The molecule has 0 saturated heterocycles. The van der Waals surface area contributed by atoms with Crippen molar-refractivity contribution in [2.45, 2.75) is 13.1 Å². The predicted molar refractivity (Wildman–Crippen MR) is 108 cm³/mol. The Hall–Kier alpha value is -4.22. The van der Waals surface area contributed by atoms with Crippen molar-refractivity contribution in [3.8, 4) is 16.9 Å². The Kier molecular flexibility index (Phi) is 6.47. The predicted octanol–water partition coefficient (Wildman–Crippen LogP) is 4.43. The summed E-state index contributed by atoms with van der Waals surface area (Å²) in [5.74, 6) is -1.99. The Balaban J connectivity index is 2.36. The number of alkyl halides is 3. The van der Waals surface area contributed by atoms with Gasteiger partial charge in [0.05, 0.1) is 35.6 Å². The number of carbonyl (C=O) groups excluding carboxylic acids is 2. The molecule has 1 heterocycles. The minimum atomic E-state index is -4.66. The Morgan fingerprint density at radius 3 is 2.33 bits per heavy atom. The zero-order chi connectivity index (χ0) is 24.3. The Bertz CT molecular complexity index is 1220. The zero-order valence-corrected chi connectivity index (χ0v) is 17.3. The molecule has 33 heavy (non-hydrogen) atoms. The number of halogens is 3. The lowest BCUT2D eigenvalue weighted by molar-refractivity contribution is -0.384. The van der Waals surface area contributed by atoms with Crippen molar-refractivity contribution in [3.63, 3.8) is 0 Å². The van der Waals surface area contributed by atoms with Crippen LogP contribution >= 0.6 is 0 Å². The summed E-state index contributed by atoms with van der Waals surface area (Å²) in [4.78, 5) is 35.5. The van der Waals surface area contributed by atoms with Crippen molar-refractivity contribution < 1.29 is 37.2 Å². The van der Waals surface area contributed by atoms with E-state index in [0.717, 1.165) is 42.1 Å². The highest BCUT2D eigenvalue weighted by atomic mass is 19.4. The Morgan fingerprint density at radius 1 is 1.12 bits per heavy atom. The lowest BCUT2D eigenvalue weighted by Crippen LogP contribution is -2.12. The number of ether oxygens (including phenoxy) is 2. The molecule has 0 aliphatic rings. The molecule has 9 nitrogen and oxygen atoms in total. The first-order chi connectivity index (χ1) is 15.6. The van der Waals surface area contributed by atoms with Gasteiger partial charge in [-0.2, -0.15) is 18.3 Å². The Morgan fingerprint density at radius 2 is 1.79 bits per heavy atom. The molecule has 172 valence electrons. The van der Waals surface area contributed by atoms with Crippen molar-refractivity contribution in [3.05, 3.63) is 75.5 Å². The van der Waals surface area contributed by atoms with Crippen molar-refractivity contribution in [1.29, 1.82) is 0 Å². The number of hydrogen-bond donors (Lipinski definition) is 0. The molecule has 0 atom stereocenters. The molecule has 3 rings (SSSR count). The van der Waals surface area contributed by atoms with Crippen LogP contribution in [0, 0.1) is 10.1 Å². The van der Waals surface area contributed by atoms with Crippen LogP contribution in [-0.2, 0) is 15.7 Å². The maximum absolute atomic E-state index is 13.3. The number of carbonyl (C=O) groups is 2. The fourth-order valence-corrected chi connectivity index (χ4v) is 3.06. The van der Waals surface area contributed by atoms with Crippen LogP contribution in [-0.4, -0.2) is 40.4 Å². The molecule has 2 aromatic carbocycles. The largest absolute Gasteiger partial charge is 0.464 e. The number of nitro groups is 1. The third kappa shape index (κ3) is 4.68. The van der Waals surface area contributed by atoms with Gasteiger partial charge in [0.15, 0.2) is 5.69 Å². The lowest BCUT2D eigenvalue weighted by atomic mass is 10.0. The number of non-ortho nitro benzene ring substituents is 1. The molecule has 0 bridgehead atoms. The van der Waals surface area contributed by atoms with E-state index in [1.54, 1.807) is 0 Å². The van der Waals surface area contributed by atoms with Gasteiger partial charge in [-0.3, -0.25) is 10.1 Å². The first-order valence-corrected chi connectivity index (χ1v) is 9.39. The number of methoxy groups -OCH3 is 1. The summed E-state index contributed by atoms with van der Waals surface area (Å²) >= 11 is 0. The lowest BCUT2D eigenvalue weighted by Gasteiger charge is -2.12. The summed E-state index contributed by atoms with van der Waals surface area (Å²) in [6, 6.07) is 8.93. The molecular formula is C21H16F3N3O6. The minimum Gasteiger partial charge on any atom is -0.464 e. The molecule has 0 saturated carbocycles. The summed E-state index contributed by atoms with van der Waals surface area (Å²) in [5, 5.41) is 15.1. The topological polar surface area (TPSA) is 114 Å². The van der Waals surface area contributed by atoms with Crippen molar-refractivity contribution in [1.82, 2.24) is 9.78 Å². The molecule has 0 spiro atoms. The van der Waals surface area contributed by atoms with Crippen molar-refractivity contribution >= 4 is 17.6 Å². The van der Waals surface area contributed by atoms with E-state index in [1.165, 1.54) is 25.1 Å². The van der Waals surface area contributed by atoms with Gasteiger partial charge in [0.2, 0.25) is 0 Å². The molecule has 3 aromatic rings. The molecule has 1 aromatic heterocycles. The molecule has 12 heteroatoms. The highest BCUT2D eigenvalue weighted by Crippen LogP contribution is 2.34. The molecular weight excluding hydrogens is 447 g/mol. The first kappa shape index (κ1) is 23.4. The van der Waals surface area contributed by atoms with Crippen LogP contribution in [0.3, 0.4) is 0 Å². The summed E-state index contributed by atoms with van der Waals surface area (Å²) < 4.78 is 50.5. The average Bonchev–Trinajstić information content (AvgIpc) is 3.19. The van der Waals surface area contributed by atoms with Crippen LogP contribution in [0.5, 0.6) is 0 Å². The molecule has 0 N–H and O–H groups in total.